The fourth-order valence-corrected chi connectivity index (χ4v) is 2.60. The summed E-state index contributed by atoms with van der Waals surface area (Å²) in [5.41, 5.74) is 0.987. The Balaban J connectivity index is 1.57. The molecule has 7 nitrogen and oxygen atoms in total. The Labute approximate surface area is 120 Å². The molecule has 0 radical (unpaired) electrons. The van der Waals surface area contributed by atoms with Gasteiger partial charge in [0.05, 0.1) is 25.4 Å². The Kier molecular flexibility index (Phi) is 4.05. The lowest BCUT2D eigenvalue weighted by atomic mass is 10.5. The second-order valence-electron chi connectivity index (χ2n) is 4.35. The molecule has 106 valence electrons. The monoisotopic (exact) mass is 292 g/mol. The summed E-state index contributed by atoms with van der Waals surface area (Å²) in [5, 5.41) is 9.65. The average molecular weight is 292 g/mol. The first kappa shape index (κ1) is 13.2. The zero-order chi connectivity index (χ0) is 13.8. The van der Waals surface area contributed by atoms with Gasteiger partial charge in [0.25, 0.3) is 0 Å². The van der Waals surface area contributed by atoms with Gasteiger partial charge in [0.15, 0.2) is 10.8 Å². The molecule has 0 aliphatic heterocycles. The summed E-state index contributed by atoms with van der Waals surface area (Å²) in [6, 6.07) is 0. The van der Waals surface area contributed by atoms with E-state index in [4.69, 9.17) is 4.74 Å². The van der Waals surface area contributed by atoms with E-state index >= 15 is 0 Å². The van der Waals surface area contributed by atoms with Gasteiger partial charge < -0.3 is 10.1 Å². The van der Waals surface area contributed by atoms with Crippen molar-refractivity contribution in [1.29, 1.82) is 0 Å². The van der Waals surface area contributed by atoms with Gasteiger partial charge in [-0.1, -0.05) is 0 Å². The van der Waals surface area contributed by atoms with Crippen LogP contribution < -0.4 is 5.32 Å². The number of thiazole rings is 1. The Morgan fingerprint density at radius 2 is 2.40 bits per heavy atom. The Bertz CT molecular complexity index is 644. The number of ether oxygens (including phenoxy) is 1. The Hall–Kier alpha value is -1.77. The van der Waals surface area contributed by atoms with Crippen LogP contribution in [0, 0.1) is 0 Å². The van der Waals surface area contributed by atoms with Crippen molar-refractivity contribution in [2.24, 2.45) is 0 Å². The van der Waals surface area contributed by atoms with Crippen LogP contribution in [0.2, 0.25) is 0 Å². The number of hydrogen-bond acceptors (Lipinski definition) is 6. The number of nitrogens with zero attached hydrogens (tertiary/aromatic N) is 5. The van der Waals surface area contributed by atoms with Crippen molar-refractivity contribution >= 4 is 16.3 Å². The van der Waals surface area contributed by atoms with Crippen LogP contribution >= 0.6 is 11.3 Å². The number of methoxy groups -OCH3 is 1. The zero-order valence-corrected chi connectivity index (χ0v) is 12.0. The molecule has 0 atom stereocenters. The van der Waals surface area contributed by atoms with E-state index in [9.17, 15) is 0 Å². The smallest absolute Gasteiger partial charge is 0.193 e. The maximum atomic E-state index is 4.97. The van der Waals surface area contributed by atoms with Gasteiger partial charge in [-0.2, -0.15) is 5.10 Å². The third kappa shape index (κ3) is 3.03. The van der Waals surface area contributed by atoms with E-state index < -0.39 is 0 Å². The predicted molar refractivity (Wildman–Crippen MR) is 75.8 cm³/mol. The van der Waals surface area contributed by atoms with E-state index in [0.717, 1.165) is 23.0 Å². The summed E-state index contributed by atoms with van der Waals surface area (Å²) < 4.78 is 8.79. The molecule has 0 saturated heterocycles. The number of imidazole rings is 1. The standard InChI is InChI=1S/C12H16N6OS/c1-19-4-2-13-6-11-14-9-18(16-11)8-10-7-17-3-5-20-12(17)15-10/h3,5,7,9,13H,2,4,6,8H2,1H3. The van der Waals surface area contributed by atoms with E-state index in [0.29, 0.717) is 19.7 Å². The molecule has 8 heteroatoms. The molecule has 0 unspecified atom stereocenters. The Morgan fingerprint density at radius 3 is 3.25 bits per heavy atom. The first-order chi connectivity index (χ1) is 9.85. The fourth-order valence-electron chi connectivity index (χ4n) is 1.88. The lowest BCUT2D eigenvalue weighted by Crippen LogP contribution is -2.19. The molecule has 0 saturated carbocycles. The van der Waals surface area contributed by atoms with Crippen molar-refractivity contribution < 1.29 is 4.74 Å². The first-order valence-electron chi connectivity index (χ1n) is 6.34. The Morgan fingerprint density at radius 1 is 1.45 bits per heavy atom. The first-order valence-corrected chi connectivity index (χ1v) is 7.22. The van der Waals surface area contributed by atoms with Crippen LogP contribution in [0.3, 0.4) is 0 Å². The van der Waals surface area contributed by atoms with E-state index in [1.165, 1.54) is 0 Å². The van der Waals surface area contributed by atoms with Crippen molar-refractivity contribution in [2.75, 3.05) is 20.3 Å². The molecule has 0 spiro atoms. The highest BCUT2D eigenvalue weighted by Gasteiger charge is 2.05. The summed E-state index contributed by atoms with van der Waals surface area (Å²) in [6.07, 6.45) is 5.76. The molecule has 0 bridgehead atoms. The minimum absolute atomic E-state index is 0.638. The van der Waals surface area contributed by atoms with E-state index in [1.54, 1.807) is 29.5 Å². The van der Waals surface area contributed by atoms with E-state index in [1.807, 2.05) is 22.2 Å². The van der Waals surface area contributed by atoms with Crippen LogP contribution in [0.15, 0.2) is 24.1 Å². The van der Waals surface area contributed by atoms with Crippen LogP contribution in [-0.2, 0) is 17.8 Å². The van der Waals surface area contributed by atoms with Crippen molar-refractivity contribution in [2.45, 2.75) is 13.1 Å². The molecule has 0 amide bonds. The number of hydrogen-bond donors (Lipinski definition) is 1. The molecular formula is C12H16N6OS. The van der Waals surface area contributed by atoms with Crippen molar-refractivity contribution in [1.82, 2.24) is 29.5 Å². The summed E-state index contributed by atoms with van der Waals surface area (Å²) in [6.45, 7) is 2.77. The highest BCUT2D eigenvalue weighted by atomic mass is 32.1. The quantitative estimate of drug-likeness (QED) is 0.651. The number of nitrogens with one attached hydrogen (secondary N) is 1. The van der Waals surface area contributed by atoms with Gasteiger partial charge in [0.1, 0.15) is 6.33 Å². The molecule has 0 aromatic carbocycles. The normalized spacial score (nSPS) is 11.4. The molecule has 20 heavy (non-hydrogen) atoms. The van der Waals surface area contributed by atoms with E-state index in [2.05, 4.69) is 20.4 Å². The van der Waals surface area contributed by atoms with Crippen molar-refractivity contribution in [3.8, 4) is 0 Å². The van der Waals surface area contributed by atoms with Crippen molar-refractivity contribution in [3.05, 3.63) is 35.6 Å². The fraction of sp³-hybridized carbons (Fsp3) is 0.417. The molecule has 3 aromatic heterocycles. The van der Waals surface area contributed by atoms with Crippen LogP contribution in [0.1, 0.15) is 11.5 Å². The largest absolute Gasteiger partial charge is 0.383 e. The minimum Gasteiger partial charge on any atom is -0.383 e. The summed E-state index contributed by atoms with van der Waals surface area (Å²) >= 11 is 1.62. The molecule has 3 rings (SSSR count). The summed E-state index contributed by atoms with van der Waals surface area (Å²) in [7, 11) is 1.68. The van der Waals surface area contributed by atoms with Crippen LogP contribution in [0.25, 0.3) is 4.96 Å². The second kappa shape index (κ2) is 6.12. The molecule has 3 aromatic rings. The summed E-state index contributed by atoms with van der Waals surface area (Å²) in [5.74, 6) is 0.780. The average Bonchev–Trinajstić information content (AvgIpc) is 3.11. The zero-order valence-electron chi connectivity index (χ0n) is 11.2. The van der Waals surface area contributed by atoms with Crippen LogP contribution in [0.5, 0.6) is 0 Å². The maximum absolute atomic E-state index is 4.97. The number of rotatable bonds is 7. The number of aromatic nitrogens is 5. The highest BCUT2D eigenvalue weighted by Crippen LogP contribution is 2.11. The van der Waals surface area contributed by atoms with Crippen molar-refractivity contribution in [3.63, 3.8) is 0 Å². The van der Waals surface area contributed by atoms with Crippen LogP contribution in [-0.4, -0.2) is 44.4 Å². The SMILES string of the molecule is COCCNCc1ncn(Cc2cn3ccsc3n2)n1. The van der Waals surface area contributed by atoms with Gasteiger partial charge in [0.2, 0.25) is 0 Å². The third-order valence-corrected chi connectivity index (χ3v) is 3.59. The third-order valence-electron chi connectivity index (χ3n) is 2.82. The number of fused-ring (bicyclic) bond motifs is 1. The molecule has 1 N–H and O–H groups in total. The van der Waals surface area contributed by atoms with Gasteiger partial charge in [-0.3, -0.25) is 4.40 Å². The van der Waals surface area contributed by atoms with Gasteiger partial charge in [0, 0.05) is 31.4 Å². The molecule has 0 aliphatic carbocycles. The van der Waals surface area contributed by atoms with Gasteiger partial charge in [-0.25, -0.2) is 14.6 Å². The molecule has 0 fully saturated rings. The predicted octanol–water partition coefficient (Wildman–Crippen LogP) is 0.772. The molecule has 3 heterocycles. The topological polar surface area (TPSA) is 69.3 Å². The van der Waals surface area contributed by atoms with Gasteiger partial charge in [-0.15, -0.1) is 11.3 Å². The molecular weight excluding hydrogens is 276 g/mol. The second-order valence-corrected chi connectivity index (χ2v) is 5.23. The lowest BCUT2D eigenvalue weighted by molar-refractivity contribution is 0.199. The minimum atomic E-state index is 0.638. The van der Waals surface area contributed by atoms with Gasteiger partial charge in [-0.05, 0) is 0 Å². The highest BCUT2D eigenvalue weighted by molar-refractivity contribution is 7.15. The van der Waals surface area contributed by atoms with Crippen LogP contribution in [0.4, 0.5) is 0 Å². The summed E-state index contributed by atoms with van der Waals surface area (Å²) in [4.78, 5) is 9.79. The molecule has 0 aliphatic rings. The van der Waals surface area contributed by atoms with Gasteiger partial charge >= 0.3 is 0 Å². The maximum Gasteiger partial charge on any atom is 0.193 e. The van der Waals surface area contributed by atoms with E-state index in [-0.39, 0.29) is 0 Å². The lowest BCUT2D eigenvalue weighted by Gasteiger charge is -2.00.